The standard InChI is InChI=1S/C11H8F3N3O/c12-11(13,14)7-3-1-2-6(4-7)9-8(10(15)18)5-16-17-9/h1-5H,(H2,15,18)(H,16,17). The lowest BCUT2D eigenvalue weighted by molar-refractivity contribution is -0.137. The Balaban J connectivity index is 2.52. The summed E-state index contributed by atoms with van der Waals surface area (Å²) in [6.45, 7) is 0. The van der Waals surface area contributed by atoms with Crippen molar-refractivity contribution in [1.82, 2.24) is 10.2 Å². The molecule has 2 rings (SSSR count). The van der Waals surface area contributed by atoms with Gasteiger partial charge in [0.25, 0.3) is 5.91 Å². The van der Waals surface area contributed by atoms with Gasteiger partial charge >= 0.3 is 6.18 Å². The first-order valence-electron chi connectivity index (χ1n) is 4.90. The van der Waals surface area contributed by atoms with Crippen molar-refractivity contribution < 1.29 is 18.0 Å². The molecular formula is C11H8F3N3O. The first-order chi connectivity index (χ1) is 8.39. The number of carbonyl (C=O) groups excluding carboxylic acids is 1. The van der Waals surface area contributed by atoms with Gasteiger partial charge in [0, 0.05) is 5.56 Å². The molecule has 1 amide bonds. The molecule has 0 fully saturated rings. The van der Waals surface area contributed by atoms with Crippen LogP contribution in [0, 0.1) is 0 Å². The average molecular weight is 255 g/mol. The van der Waals surface area contributed by atoms with E-state index in [0.717, 1.165) is 12.1 Å². The lowest BCUT2D eigenvalue weighted by Crippen LogP contribution is -2.11. The summed E-state index contributed by atoms with van der Waals surface area (Å²) in [5.41, 5.74) is 4.73. The molecule has 18 heavy (non-hydrogen) atoms. The normalized spacial score (nSPS) is 11.5. The first-order valence-corrected chi connectivity index (χ1v) is 4.90. The molecular weight excluding hydrogens is 247 g/mol. The van der Waals surface area contributed by atoms with Gasteiger partial charge in [-0.3, -0.25) is 9.89 Å². The van der Waals surface area contributed by atoms with Crippen molar-refractivity contribution >= 4 is 5.91 Å². The second-order valence-electron chi connectivity index (χ2n) is 3.60. The van der Waals surface area contributed by atoms with Gasteiger partial charge in [-0.1, -0.05) is 12.1 Å². The van der Waals surface area contributed by atoms with Gasteiger partial charge in [-0.25, -0.2) is 0 Å². The van der Waals surface area contributed by atoms with Crippen LogP contribution in [0.25, 0.3) is 11.3 Å². The zero-order valence-electron chi connectivity index (χ0n) is 8.95. The van der Waals surface area contributed by atoms with E-state index in [1.807, 2.05) is 0 Å². The van der Waals surface area contributed by atoms with Gasteiger partial charge in [0.2, 0.25) is 0 Å². The number of nitrogens with zero attached hydrogens (tertiary/aromatic N) is 1. The molecule has 0 spiro atoms. The highest BCUT2D eigenvalue weighted by Gasteiger charge is 2.30. The second kappa shape index (κ2) is 4.17. The van der Waals surface area contributed by atoms with Crippen LogP contribution in [0.15, 0.2) is 30.5 Å². The number of primary amides is 1. The smallest absolute Gasteiger partial charge is 0.365 e. The van der Waals surface area contributed by atoms with Crippen LogP contribution >= 0.6 is 0 Å². The largest absolute Gasteiger partial charge is 0.416 e. The summed E-state index contributed by atoms with van der Waals surface area (Å²) in [5.74, 6) is -0.754. The fraction of sp³-hybridized carbons (Fsp3) is 0.0909. The molecule has 2 aromatic rings. The van der Waals surface area contributed by atoms with E-state index >= 15 is 0 Å². The third-order valence-electron chi connectivity index (χ3n) is 2.38. The minimum Gasteiger partial charge on any atom is -0.365 e. The van der Waals surface area contributed by atoms with E-state index in [0.29, 0.717) is 0 Å². The molecule has 0 aliphatic heterocycles. The van der Waals surface area contributed by atoms with Crippen LogP contribution in [-0.2, 0) is 6.18 Å². The van der Waals surface area contributed by atoms with Crippen molar-refractivity contribution in [1.29, 1.82) is 0 Å². The zero-order valence-corrected chi connectivity index (χ0v) is 8.95. The number of halogens is 3. The number of nitrogens with one attached hydrogen (secondary N) is 1. The van der Waals surface area contributed by atoms with Crippen molar-refractivity contribution in [3.8, 4) is 11.3 Å². The molecule has 1 aromatic heterocycles. The molecule has 1 heterocycles. The molecule has 3 N–H and O–H groups in total. The summed E-state index contributed by atoms with van der Waals surface area (Å²) in [5, 5.41) is 6.07. The molecule has 94 valence electrons. The van der Waals surface area contributed by atoms with Gasteiger partial charge in [0.05, 0.1) is 23.0 Å². The number of hydrogen-bond donors (Lipinski definition) is 2. The van der Waals surface area contributed by atoms with Crippen LogP contribution in [0.4, 0.5) is 13.2 Å². The van der Waals surface area contributed by atoms with E-state index in [-0.39, 0.29) is 16.8 Å². The van der Waals surface area contributed by atoms with Crippen LogP contribution in [0.1, 0.15) is 15.9 Å². The fourth-order valence-corrected chi connectivity index (χ4v) is 1.54. The SMILES string of the molecule is NC(=O)c1cn[nH]c1-c1cccc(C(F)(F)F)c1. The lowest BCUT2D eigenvalue weighted by Gasteiger charge is -2.08. The summed E-state index contributed by atoms with van der Waals surface area (Å²) >= 11 is 0. The van der Waals surface area contributed by atoms with E-state index < -0.39 is 17.6 Å². The van der Waals surface area contributed by atoms with Gasteiger partial charge in [-0.2, -0.15) is 18.3 Å². The van der Waals surface area contributed by atoms with Crippen molar-refractivity contribution in [3.63, 3.8) is 0 Å². The Kier molecular flexibility index (Phi) is 2.82. The van der Waals surface area contributed by atoms with E-state index in [1.165, 1.54) is 18.3 Å². The molecule has 0 unspecified atom stereocenters. The lowest BCUT2D eigenvalue weighted by atomic mass is 10.0. The monoisotopic (exact) mass is 255 g/mol. The van der Waals surface area contributed by atoms with Crippen LogP contribution in [0.2, 0.25) is 0 Å². The molecule has 1 aromatic carbocycles. The highest BCUT2D eigenvalue weighted by Crippen LogP contribution is 2.32. The Labute approximate surface area is 99.6 Å². The van der Waals surface area contributed by atoms with Crippen molar-refractivity contribution in [3.05, 3.63) is 41.6 Å². The van der Waals surface area contributed by atoms with Gasteiger partial charge in [-0.05, 0) is 12.1 Å². The second-order valence-corrected chi connectivity index (χ2v) is 3.60. The average Bonchev–Trinajstić information content (AvgIpc) is 2.77. The maximum absolute atomic E-state index is 12.6. The number of aromatic amines is 1. The quantitative estimate of drug-likeness (QED) is 0.863. The Morgan fingerprint density at radius 3 is 2.67 bits per heavy atom. The van der Waals surface area contributed by atoms with Crippen LogP contribution in [0.3, 0.4) is 0 Å². The van der Waals surface area contributed by atoms with E-state index in [9.17, 15) is 18.0 Å². The summed E-state index contributed by atoms with van der Waals surface area (Å²) in [6, 6.07) is 4.57. The number of hydrogen-bond acceptors (Lipinski definition) is 2. The van der Waals surface area contributed by atoms with Gasteiger partial charge < -0.3 is 5.73 Å². The maximum Gasteiger partial charge on any atom is 0.416 e. The summed E-state index contributed by atoms with van der Waals surface area (Å²) in [7, 11) is 0. The van der Waals surface area contributed by atoms with Crippen molar-refractivity contribution in [2.24, 2.45) is 5.73 Å². The van der Waals surface area contributed by atoms with Gasteiger partial charge in [-0.15, -0.1) is 0 Å². The topological polar surface area (TPSA) is 71.8 Å². The number of benzene rings is 1. The van der Waals surface area contributed by atoms with Crippen molar-refractivity contribution in [2.75, 3.05) is 0 Å². The Morgan fingerprint density at radius 1 is 1.33 bits per heavy atom. The molecule has 0 saturated carbocycles. The summed E-state index contributed by atoms with van der Waals surface area (Å²) in [4.78, 5) is 11.1. The number of alkyl halides is 3. The fourth-order valence-electron chi connectivity index (χ4n) is 1.54. The first kappa shape index (κ1) is 12.2. The zero-order chi connectivity index (χ0) is 13.3. The molecule has 0 radical (unpaired) electrons. The highest BCUT2D eigenvalue weighted by atomic mass is 19.4. The summed E-state index contributed by atoms with van der Waals surface area (Å²) < 4.78 is 37.7. The Bertz CT molecular complexity index is 589. The number of carbonyl (C=O) groups is 1. The maximum atomic E-state index is 12.6. The Morgan fingerprint density at radius 2 is 2.06 bits per heavy atom. The minimum atomic E-state index is -4.44. The molecule has 0 aliphatic carbocycles. The number of rotatable bonds is 2. The number of nitrogens with two attached hydrogens (primary N) is 1. The molecule has 0 aliphatic rings. The van der Waals surface area contributed by atoms with Gasteiger partial charge in [0.15, 0.2) is 0 Å². The number of H-pyrrole nitrogens is 1. The van der Waals surface area contributed by atoms with Gasteiger partial charge in [0.1, 0.15) is 0 Å². The van der Waals surface area contributed by atoms with E-state index in [1.54, 1.807) is 0 Å². The number of amides is 1. The molecule has 0 atom stereocenters. The van der Waals surface area contributed by atoms with E-state index in [2.05, 4.69) is 10.2 Å². The predicted molar refractivity (Wildman–Crippen MR) is 57.5 cm³/mol. The van der Waals surface area contributed by atoms with E-state index in [4.69, 9.17) is 5.73 Å². The summed E-state index contributed by atoms with van der Waals surface area (Å²) in [6.07, 6.45) is -3.26. The third kappa shape index (κ3) is 2.20. The number of aromatic nitrogens is 2. The highest BCUT2D eigenvalue weighted by molar-refractivity contribution is 5.98. The molecule has 4 nitrogen and oxygen atoms in total. The predicted octanol–water partition coefficient (Wildman–Crippen LogP) is 2.19. The van der Waals surface area contributed by atoms with Crippen molar-refractivity contribution in [2.45, 2.75) is 6.18 Å². The van der Waals surface area contributed by atoms with Crippen LogP contribution < -0.4 is 5.73 Å². The van der Waals surface area contributed by atoms with Crippen LogP contribution in [0.5, 0.6) is 0 Å². The molecule has 0 saturated heterocycles. The minimum absolute atomic E-state index is 0.0503. The molecule has 7 heteroatoms. The molecule has 0 bridgehead atoms. The third-order valence-corrected chi connectivity index (χ3v) is 2.38. The Hall–Kier alpha value is -2.31. The van der Waals surface area contributed by atoms with Crippen LogP contribution in [-0.4, -0.2) is 16.1 Å².